The van der Waals surface area contributed by atoms with Crippen LogP contribution in [0.25, 0.3) is 0 Å². The van der Waals surface area contributed by atoms with E-state index in [2.05, 4.69) is 0 Å². The lowest BCUT2D eigenvalue weighted by atomic mass is 10.0. The van der Waals surface area contributed by atoms with Gasteiger partial charge in [-0.05, 0) is 32.3 Å². The van der Waals surface area contributed by atoms with Crippen LogP contribution in [0.3, 0.4) is 0 Å². The molecule has 1 amide bonds. The first kappa shape index (κ1) is 14.6. The summed E-state index contributed by atoms with van der Waals surface area (Å²) >= 11 is 0. The largest absolute Gasteiger partial charge is 0.481 e. The minimum absolute atomic E-state index is 0.0572. The second-order valence-corrected chi connectivity index (χ2v) is 5.55. The number of hydrogen-bond donors (Lipinski definition) is 1. The van der Waals surface area contributed by atoms with Crippen LogP contribution in [0.2, 0.25) is 0 Å². The third kappa shape index (κ3) is 3.18. The Bertz CT molecular complexity index is 495. The normalized spacial score (nSPS) is 22.0. The molecular formula is C16H21NO3. The zero-order valence-corrected chi connectivity index (χ0v) is 12.0. The maximum absolute atomic E-state index is 12.2. The highest BCUT2D eigenvalue weighted by Gasteiger charge is 2.37. The predicted molar refractivity (Wildman–Crippen MR) is 76.4 cm³/mol. The van der Waals surface area contributed by atoms with Crippen LogP contribution in [-0.4, -0.2) is 34.5 Å². The highest BCUT2D eigenvalue weighted by molar-refractivity contribution is 5.79. The van der Waals surface area contributed by atoms with Gasteiger partial charge in [-0.3, -0.25) is 9.59 Å². The van der Waals surface area contributed by atoms with Gasteiger partial charge in [-0.25, -0.2) is 0 Å². The molecule has 1 saturated heterocycles. The fraction of sp³-hybridized carbons (Fsp3) is 0.500. The van der Waals surface area contributed by atoms with Gasteiger partial charge in [0.25, 0.3) is 0 Å². The van der Waals surface area contributed by atoms with Crippen molar-refractivity contribution in [1.82, 2.24) is 4.90 Å². The van der Waals surface area contributed by atoms with E-state index in [-0.39, 0.29) is 11.9 Å². The van der Waals surface area contributed by atoms with Crippen molar-refractivity contribution in [1.29, 1.82) is 0 Å². The van der Waals surface area contributed by atoms with Crippen molar-refractivity contribution in [2.45, 2.75) is 39.2 Å². The highest BCUT2D eigenvalue weighted by Crippen LogP contribution is 2.25. The van der Waals surface area contributed by atoms with Gasteiger partial charge in [-0.2, -0.15) is 0 Å². The zero-order chi connectivity index (χ0) is 14.7. The van der Waals surface area contributed by atoms with E-state index in [9.17, 15) is 9.59 Å². The Hall–Kier alpha value is -1.84. The number of carboxylic acid groups (broad SMARTS) is 1. The number of hydrogen-bond acceptors (Lipinski definition) is 2. The lowest BCUT2D eigenvalue weighted by molar-refractivity contribution is -0.143. The maximum atomic E-state index is 12.2. The first-order valence-corrected chi connectivity index (χ1v) is 7.07. The van der Waals surface area contributed by atoms with E-state index in [0.717, 1.165) is 5.56 Å². The van der Waals surface area contributed by atoms with Gasteiger partial charge in [0.1, 0.15) is 0 Å². The molecule has 1 N–H and O–H groups in total. The van der Waals surface area contributed by atoms with Gasteiger partial charge in [-0.15, -0.1) is 0 Å². The molecule has 108 valence electrons. The van der Waals surface area contributed by atoms with E-state index in [1.807, 2.05) is 38.1 Å². The first-order chi connectivity index (χ1) is 9.49. The Kier molecular flexibility index (Phi) is 4.42. The fourth-order valence-corrected chi connectivity index (χ4v) is 2.77. The molecular weight excluding hydrogens is 254 g/mol. The maximum Gasteiger partial charge on any atom is 0.308 e. The molecule has 0 aromatic heterocycles. The third-order valence-electron chi connectivity index (χ3n) is 4.14. The van der Waals surface area contributed by atoms with Crippen LogP contribution in [0.15, 0.2) is 24.3 Å². The molecule has 0 radical (unpaired) electrons. The number of carbonyl (C=O) groups excluding carboxylic acids is 1. The van der Waals surface area contributed by atoms with Crippen LogP contribution in [0.1, 0.15) is 30.9 Å². The summed E-state index contributed by atoms with van der Waals surface area (Å²) in [6.45, 7) is 4.42. The molecule has 1 heterocycles. The molecule has 1 fully saturated rings. The van der Waals surface area contributed by atoms with Crippen molar-refractivity contribution in [3.63, 3.8) is 0 Å². The van der Waals surface area contributed by atoms with Crippen molar-refractivity contribution < 1.29 is 14.7 Å². The summed E-state index contributed by atoms with van der Waals surface area (Å²) in [4.78, 5) is 25.0. The van der Waals surface area contributed by atoms with Crippen molar-refractivity contribution in [3.05, 3.63) is 35.4 Å². The Balaban J connectivity index is 1.89. The second-order valence-electron chi connectivity index (χ2n) is 5.55. The number of aryl methyl sites for hydroxylation is 2. The topological polar surface area (TPSA) is 57.6 Å². The van der Waals surface area contributed by atoms with E-state index >= 15 is 0 Å². The molecule has 4 nitrogen and oxygen atoms in total. The van der Waals surface area contributed by atoms with E-state index in [0.29, 0.717) is 25.8 Å². The molecule has 0 saturated carbocycles. The molecule has 0 aliphatic carbocycles. The highest BCUT2D eigenvalue weighted by atomic mass is 16.4. The van der Waals surface area contributed by atoms with Crippen molar-refractivity contribution >= 4 is 11.9 Å². The zero-order valence-electron chi connectivity index (χ0n) is 12.0. The van der Waals surface area contributed by atoms with E-state index in [1.165, 1.54) is 5.56 Å². The van der Waals surface area contributed by atoms with Gasteiger partial charge in [-0.1, -0.05) is 29.8 Å². The molecule has 20 heavy (non-hydrogen) atoms. The summed E-state index contributed by atoms with van der Waals surface area (Å²) in [7, 11) is 0. The average molecular weight is 275 g/mol. The van der Waals surface area contributed by atoms with Crippen LogP contribution in [-0.2, 0) is 16.0 Å². The lowest BCUT2D eigenvalue weighted by Crippen LogP contribution is -2.37. The number of carboxylic acids is 1. The molecule has 0 spiro atoms. The van der Waals surface area contributed by atoms with Gasteiger partial charge < -0.3 is 10.0 Å². The number of rotatable bonds is 4. The minimum Gasteiger partial charge on any atom is -0.481 e. The molecule has 2 rings (SSSR count). The second kappa shape index (κ2) is 6.07. The van der Waals surface area contributed by atoms with Crippen molar-refractivity contribution in [2.75, 3.05) is 6.54 Å². The van der Waals surface area contributed by atoms with Crippen LogP contribution in [0, 0.1) is 12.8 Å². The first-order valence-electron chi connectivity index (χ1n) is 7.07. The fourth-order valence-electron chi connectivity index (χ4n) is 2.77. The van der Waals surface area contributed by atoms with Gasteiger partial charge in [0, 0.05) is 19.0 Å². The number of nitrogens with zero attached hydrogens (tertiary/aromatic N) is 1. The Morgan fingerprint density at radius 3 is 2.50 bits per heavy atom. The molecule has 2 unspecified atom stereocenters. The van der Waals surface area contributed by atoms with Gasteiger partial charge in [0.2, 0.25) is 5.91 Å². The summed E-state index contributed by atoms with van der Waals surface area (Å²) in [6, 6.07) is 7.96. The lowest BCUT2D eigenvalue weighted by Gasteiger charge is -2.23. The summed E-state index contributed by atoms with van der Waals surface area (Å²) in [6.07, 6.45) is 1.71. The SMILES string of the molecule is Cc1ccc(CCC(=O)N2CCC(C(=O)O)C2C)cc1. The number of aliphatic carboxylic acids is 1. The quantitative estimate of drug-likeness (QED) is 0.917. The standard InChI is InChI=1S/C16H21NO3/c1-11-3-5-13(6-4-11)7-8-15(18)17-10-9-14(12(17)2)16(19)20/h3-6,12,14H,7-10H2,1-2H3,(H,19,20). The summed E-state index contributed by atoms with van der Waals surface area (Å²) < 4.78 is 0. The molecule has 1 aromatic rings. The van der Waals surface area contributed by atoms with Crippen molar-refractivity contribution in [3.8, 4) is 0 Å². The minimum atomic E-state index is -0.800. The van der Waals surface area contributed by atoms with E-state index in [1.54, 1.807) is 4.90 Å². The summed E-state index contributed by atoms with van der Waals surface area (Å²) in [5.41, 5.74) is 2.35. The predicted octanol–water partition coefficient (Wildman–Crippen LogP) is 2.25. The molecule has 1 aromatic carbocycles. The smallest absolute Gasteiger partial charge is 0.308 e. The van der Waals surface area contributed by atoms with Crippen LogP contribution < -0.4 is 0 Å². The monoisotopic (exact) mass is 275 g/mol. The third-order valence-corrected chi connectivity index (χ3v) is 4.14. The molecule has 0 bridgehead atoms. The van der Waals surface area contributed by atoms with Crippen LogP contribution >= 0.6 is 0 Å². The molecule has 2 atom stereocenters. The van der Waals surface area contributed by atoms with Gasteiger partial charge in [0.15, 0.2) is 0 Å². The van der Waals surface area contributed by atoms with Crippen molar-refractivity contribution in [2.24, 2.45) is 5.92 Å². The molecule has 1 aliphatic heterocycles. The summed E-state index contributed by atoms with van der Waals surface area (Å²) in [5, 5.41) is 9.08. The number of likely N-dealkylation sites (tertiary alicyclic amines) is 1. The Labute approximate surface area is 119 Å². The van der Waals surface area contributed by atoms with E-state index < -0.39 is 11.9 Å². The van der Waals surface area contributed by atoms with Crippen LogP contribution in [0.4, 0.5) is 0 Å². The van der Waals surface area contributed by atoms with Gasteiger partial charge >= 0.3 is 5.97 Å². The molecule has 4 heteroatoms. The van der Waals surface area contributed by atoms with E-state index in [4.69, 9.17) is 5.11 Å². The molecule has 1 aliphatic rings. The van der Waals surface area contributed by atoms with Gasteiger partial charge in [0.05, 0.1) is 5.92 Å². The number of benzene rings is 1. The van der Waals surface area contributed by atoms with Crippen LogP contribution in [0.5, 0.6) is 0 Å². The Morgan fingerprint density at radius 1 is 1.30 bits per heavy atom. The average Bonchev–Trinajstić information content (AvgIpc) is 2.80. The Morgan fingerprint density at radius 2 is 1.95 bits per heavy atom. The summed E-state index contributed by atoms with van der Waals surface area (Å²) in [5.74, 6) is -1.16. The number of carbonyl (C=O) groups is 2. The number of amides is 1.